The first-order valence-electron chi connectivity index (χ1n) is 6.40. The zero-order valence-electron chi connectivity index (χ0n) is 11.0. The summed E-state index contributed by atoms with van der Waals surface area (Å²) in [6.45, 7) is 9.22. The molecule has 0 fully saturated rings. The molecule has 92 valence electrons. The highest BCUT2D eigenvalue weighted by atomic mass is 16.5. The van der Waals surface area contributed by atoms with Crippen LogP contribution in [0.5, 0.6) is 0 Å². The van der Waals surface area contributed by atoms with E-state index < -0.39 is 0 Å². The molecule has 2 N–H and O–H groups in total. The van der Waals surface area contributed by atoms with Crippen LogP contribution in [0.25, 0.3) is 0 Å². The second kappa shape index (κ2) is 8.12. The molecule has 0 spiro atoms. The van der Waals surface area contributed by atoms with Crippen LogP contribution >= 0.6 is 0 Å². The van der Waals surface area contributed by atoms with Crippen LogP contribution in [0.4, 0.5) is 0 Å². The molecule has 0 aromatic heterocycles. The molecule has 0 aliphatic heterocycles. The summed E-state index contributed by atoms with van der Waals surface area (Å²) in [7, 11) is 0. The molecule has 1 unspecified atom stereocenters. The SMILES string of the molecule is CCCCCCCCOC(C)(C)C(C)N. The summed E-state index contributed by atoms with van der Waals surface area (Å²) in [5, 5.41) is 0. The second-order valence-corrected chi connectivity index (χ2v) is 5.01. The van der Waals surface area contributed by atoms with E-state index in [9.17, 15) is 0 Å². The Kier molecular flexibility index (Phi) is 8.07. The van der Waals surface area contributed by atoms with E-state index in [0.29, 0.717) is 0 Å². The van der Waals surface area contributed by atoms with Gasteiger partial charge in [0.2, 0.25) is 0 Å². The van der Waals surface area contributed by atoms with Gasteiger partial charge in [-0.25, -0.2) is 0 Å². The lowest BCUT2D eigenvalue weighted by Gasteiger charge is -2.29. The molecule has 0 amide bonds. The predicted octanol–water partition coefficient (Wildman–Crippen LogP) is 3.49. The van der Waals surface area contributed by atoms with Gasteiger partial charge >= 0.3 is 0 Å². The molecule has 2 heteroatoms. The molecule has 2 nitrogen and oxygen atoms in total. The first-order chi connectivity index (χ1) is 7.00. The average Bonchev–Trinajstić information content (AvgIpc) is 2.16. The summed E-state index contributed by atoms with van der Waals surface area (Å²) < 4.78 is 5.77. The molecule has 0 saturated carbocycles. The van der Waals surface area contributed by atoms with Gasteiger partial charge in [-0.15, -0.1) is 0 Å². The Balaban J connectivity index is 3.31. The minimum atomic E-state index is -0.177. The van der Waals surface area contributed by atoms with E-state index in [1.807, 2.05) is 6.92 Å². The lowest BCUT2D eigenvalue weighted by atomic mass is 10.0. The van der Waals surface area contributed by atoms with Crippen molar-refractivity contribution in [3.05, 3.63) is 0 Å². The Morgan fingerprint density at radius 3 is 2.13 bits per heavy atom. The molecule has 0 bridgehead atoms. The van der Waals surface area contributed by atoms with E-state index in [0.717, 1.165) is 6.61 Å². The lowest BCUT2D eigenvalue weighted by molar-refractivity contribution is -0.0333. The van der Waals surface area contributed by atoms with E-state index in [1.54, 1.807) is 0 Å². The van der Waals surface area contributed by atoms with Crippen molar-refractivity contribution in [2.24, 2.45) is 5.73 Å². The number of hydrogen-bond donors (Lipinski definition) is 1. The maximum atomic E-state index is 5.83. The molecule has 0 radical (unpaired) electrons. The van der Waals surface area contributed by atoms with Gasteiger partial charge in [-0.1, -0.05) is 39.0 Å². The third-order valence-corrected chi connectivity index (χ3v) is 3.07. The van der Waals surface area contributed by atoms with Gasteiger partial charge < -0.3 is 10.5 Å². The van der Waals surface area contributed by atoms with Crippen molar-refractivity contribution in [3.63, 3.8) is 0 Å². The molecular formula is C13H29NO. The zero-order chi connectivity index (χ0) is 11.7. The van der Waals surface area contributed by atoms with Crippen molar-refractivity contribution in [2.45, 2.75) is 77.9 Å². The quantitative estimate of drug-likeness (QED) is 0.598. The predicted molar refractivity (Wildman–Crippen MR) is 67.1 cm³/mol. The third-order valence-electron chi connectivity index (χ3n) is 3.07. The fourth-order valence-electron chi connectivity index (χ4n) is 1.35. The molecule has 0 aliphatic rings. The highest BCUT2D eigenvalue weighted by Gasteiger charge is 2.22. The van der Waals surface area contributed by atoms with Crippen molar-refractivity contribution in [1.29, 1.82) is 0 Å². The monoisotopic (exact) mass is 215 g/mol. The summed E-state index contributed by atoms with van der Waals surface area (Å²) in [4.78, 5) is 0. The highest BCUT2D eigenvalue weighted by molar-refractivity contribution is 4.78. The first kappa shape index (κ1) is 14.9. The maximum absolute atomic E-state index is 5.83. The van der Waals surface area contributed by atoms with Crippen LogP contribution in [0.3, 0.4) is 0 Å². The van der Waals surface area contributed by atoms with Gasteiger partial charge in [0.05, 0.1) is 5.60 Å². The molecule has 15 heavy (non-hydrogen) atoms. The Labute approximate surface area is 95.6 Å². The van der Waals surface area contributed by atoms with Crippen molar-refractivity contribution in [3.8, 4) is 0 Å². The number of hydrogen-bond acceptors (Lipinski definition) is 2. The molecule has 0 aromatic carbocycles. The molecule has 0 aliphatic carbocycles. The molecular weight excluding hydrogens is 186 g/mol. The fraction of sp³-hybridized carbons (Fsp3) is 1.00. The normalized spacial score (nSPS) is 14.2. The molecule has 0 aromatic rings. The van der Waals surface area contributed by atoms with E-state index in [1.165, 1.54) is 38.5 Å². The Bertz CT molecular complexity index is 143. The van der Waals surface area contributed by atoms with Crippen LogP contribution in [0, 0.1) is 0 Å². The first-order valence-corrected chi connectivity index (χ1v) is 6.40. The zero-order valence-corrected chi connectivity index (χ0v) is 11.0. The maximum Gasteiger partial charge on any atom is 0.0773 e. The number of unbranched alkanes of at least 4 members (excludes halogenated alkanes) is 5. The average molecular weight is 215 g/mol. The Hall–Kier alpha value is -0.0800. The van der Waals surface area contributed by atoms with Crippen LogP contribution in [-0.4, -0.2) is 18.2 Å². The van der Waals surface area contributed by atoms with Crippen molar-refractivity contribution >= 4 is 0 Å². The number of nitrogens with two attached hydrogens (primary N) is 1. The smallest absolute Gasteiger partial charge is 0.0773 e. The van der Waals surface area contributed by atoms with Crippen LogP contribution in [0.2, 0.25) is 0 Å². The highest BCUT2D eigenvalue weighted by Crippen LogP contribution is 2.14. The molecule has 0 heterocycles. The molecule has 0 rings (SSSR count). The summed E-state index contributed by atoms with van der Waals surface area (Å²) >= 11 is 0. The van der Waals surface area contributed by atoms with Gasteiger partial charge in [0.25, 0.3) is 0 Å². The van der Waals surface area contributed by atoms with Gasteiger partial charge in [-0.2, -0.15) is 0 Å². The topological polar surface area (TPSA) is 35.2 Å². The minimum absolute atomic E-state index is 0.0950. The van der Waals surface area contributed by atoms with Crippen molar-refractivity contribution < 1.29 is 4.74 Å². The Morgan fingerprint density at radius 1 is 1.07 bits per heavy atom. The van der Waals surface area contributed by atoms with Gasteiger partial charge in [0.1, 0.15) is 0 Å². The van der Waals surface area contributed by atoms with Crippen LogP contribution in [0.1, 0.15) is 66.2 Å². The summed E-state index contributed by atoms with van der Waals surface area (Å²) in [6.07, 6.45) is 7.85. The van der Waals surface area contributed by atoms with Gasteiger partial charge in [-0.3, -0.25) is 0 Å². The van der Waals surface area contributed by atoms with E-state index >= 15 is 0 Å². The third kappa shape index (κ3) is 7.80. The van der Waals surface area contributed by atoms with E-state index in [-0.39, 0.29) is 11.6 Å². The standard InChI is InChI=1S/C13H29NO/c1-5-6-7-8-9-10-11-15-13(3,4)12(2)14/h12H,5-11,14H2,1-4H3. The minimum Gasteiger partial charge on any atom is -0.374 e. The lowest BCUT2D eigenvalue weighted by Crippen LogP contribution is -2.43. The summed E-state index contributed by atoms with van der Waals surface area (Å²) in [5.41, 5.74) is 5.65. The van der Waals surface area contributed by atoms with Gasteiger partial charge in [0.15, 0.2) is 0 Å². The number of rotatable bonds is 9. The molecule has 0 saturated heterocycles. The summed E-state index contributed by atoms with van der Waals surface area (Å²) in [6, 6.07) is 0.0950. The van der Waals surface area contributed by atoms with Crippen LogP contribution < -0.4 is 5.73 Å². The Morgan fingerprint density at radius 2 is 1.60 bits per heavy atom. The molecule has 1 atom stereocenters. The van der Waals surface area contributed by atoms with Gasteiger partial charge in [-0.05, 0) is 27.2 Å². The second-order valence-electron chi connectivity index (χ2n) is 5.01. The van der Waals surface area contributed by atoms with Gasteiger partial charge in [0, 0.05) is 12.6 Å². The van der Waals surface area contributed by atoms with Crippen LogP contribution in [0.15, 0.2) is 0 Å². The van der Waals surface area contributed by atoms with Crippen LogP contribution in [-0.2, 0) is 4.74 Å². The summed E-state index contributed by atoms with van der Waals surface area (Å²) in [5.74, 6) is 0. The van der Waals surface area contributed by atoms with Crippen molar-refractivity contribution in [2.75, 3.05) is 6.61 Å². The largest absolute Gasteiger partial charge is 0.374 e. The van der Waals surface area contributed by atoms with E-state index in [4.69, 9.17) is 10.5 Å². The fourth-order valence-corrected chi connectivity index (χ4v) is 1.35. The van der Waals surface area contributed by atoms with Crippen molar-refractivity contribution in [1.82, 2.24) is 0 Å². The van der Waals surface area contributed by atoms with E-state index in [2.05, 4.69) is 20.8 Å². The number of ether oxygens (including phenoxy) is 1.